The lowest BCUT2D eigenvalue weighted by Crippen LogP contribution is -2.53. The number of hydrogen-bond acceptors (Lipinski definition) is 4. The fraction of sp³-hybridized carbons (Fsp3) is 0.571. The van der Waals surface area contributed by atoms with E-state index >= 15 is 0 Å². The molecule has 0 saturated carbocycles. The highest BCUT2D eigenvalue weighted by Gasteiger charge is 2.23. The lowest BCUT2D eigenvalue weighted by Gasteiger charge is -2.35. The van der Waals surface area contributed by atoms with E-state index in [1.165, 1.54) is 0 Å². The van der Waals surface area contributed by atoms with Crippen LogP contribution in [-0.4, -0.2) is 67.1 Å². The molecule has 0 spiro atoms. The number of rotatable bonds is 7. The molecule has 1 aromatic carbocycles. The van der Waals surface area contributed by atoms with E-state index in [1.807, 2.05) is 45.0 Å². The fourth-order valence-corrected chi connectivity index (χ4v) is 3.11. The average Bonchev–Trinajstić information content (AvgIpc) is 2.72. The third-order valence-corrected chi connectivity index (χ3v) is 4.54. The number of amides is 2. The van der Waals surface area contributed by atoms with Crippen molar-refractivity contribution in [2.24, 2.45) is 4.99 Å². The van der Waals surface area contributed by atoms with Gasteiger partial charge in [-0.05, 0) is 38.0 Å². The Morgan fingerprint density at radius 3 is 2.48 bits per heavy atom. The fourth-order valence-electron chi connectivity index (χ4n) is 3.11. The van der Waals surface area contributed by atoms with Crippen LogP contribution in [0.2, 0.25) is 0 Å². The molecular weight excluding hydrogens is 370 g/mol. The normalized spacial score (nSPS) is 14.5. The zero-order valence-electron chi connectivity index (χ0n) is 17.7. The number of piperazine rings is 1. The minimum atomic E-state index is -0.254. The van der Waals surface area contributed by atoms with E-state index < -0.39 is 0 Å². The number of benzene rings is 1. The van der Waals surface area contributed by atoms with Crippen LogP contribution in [0, 0.1) is 0 Å². The van der Waals surface area contributed by atoms with Crippen LogP contribution in [-0.2, 0) is 16.1 Å². The minimum Gasteiger partial charge on any atom is -0.450 e. The van der Waals surface area contributed by atoms with Crippen LogP contribution in [0.5, 0.6) is 0 Å². The van der Waals surface area contributed by atoms with E-state index in [4.69, 9.17) is 9.73 Å². The number of anilines is 1. The monoisotopic (exact) mass is 403 g/mol. The number of guanidine groups is 1. The van der Waals surface area contributed by atoms with Crippen LogP contribution in [0.15, 0.2) is 29.3 Å². The van der Waals surface area contributed by atoms with Crippen LogP contribution in [0.3, 0.4) is 0 Å². The van der Waals surface area contributed by atoms with Gasteiger partial charge < -0.3 is 25.2 Å². The summed E-state index contributed by atoms with van der Waals surface area (Å²) >= 11 is 0. The summed E-state index contributed by atoms with van der Waals surface area (Å²) in [6.07, 6.45) is 1.09. The van der Waals surface area contributed by atoms with Gasteiger partial charge in [0.25, 0.3) is 0 Å². The Balaban J connectivity index is 1.97. The summed E-state index contributed by atoms with van der Waals surface area (Å²) < 4.78 is 5.08. The lowest BCUT2D eigenvalue weighted by molar-refractivity contribution is -0.116. The number of carbonyl (C=O) groups is 2. The first kappa shape index (κ1) is 22.5. The SMILES string of the molecule is CCCC(=O)Nc1cccc(CN=C(NCC)N2CCN(C(=O)OCC)CC2)c1. The van der Waals surface area contributed by atoms with Gasteiger partial charge in [-0.3, -0.25) is 4.79 Å². The molecule has 0 aliphatic carbocycles. The maximum absolute atomic E-state index is 11.9. The van der Waals surface area contributed by atoms with Gasteiger partial charge in [-0.1, -0.05) is 19.1 Å². The van der Waals surface area contributed by atoms with E-state index in [0.717, 1.165) is 30.2 Å². The minimum absolute atomic E-state index is 0.0287. The Kier molecular flexibility index (Phi) is 9.27. The Hall–Kier alpha value is -2.77. The highest BCUT2D eigenvalue weighted by atomic mass is 16.6. The Labute approximate surface area is 173 Å². The van der Waals surface area contributed by atoms with Gasteiger partial charge in [0.15, 0.2) is 5.96 Å². The molecule has 2 N–H and O–H groups in total. The molecule has 8 heteroatoms. The third-order valence-electron chi connectivity index (χ3n) is 4.54. The smallest absolute Gasteiger partial charge is 0.409 e. The van der Waals surface area contributed by atoms with Crippen LogP contribution in [0.4, 0.5) is 10.5 Å². The molecule has 160 valence electrons. The maximum atomic E-state index is 11.9. The predicted octanol–water partition coefficient (Wildman–Crippen LogP) is 2.66. The summed E-state index contributed by atoms with van der Waals surface area (Å²) in [6.45, 7) is 10.1. The van der Waals surface area contributed by atoms with Crippen LogP contribution < -0.4 is 10.6 Å². The van der Waals surface area contributed by atoms with Gasteiger partial charge in [-0.15, -0.1) is 0 Å². The van der Waals surface area contributed by atoms with Gasteiger partial charge in [-0.25, -0.2) is 9.79 Å². The summed E-state index contributed by atoms with van der Waals surface area (Å²) in [5.74, 6) is 0.859. The summed E-state index contributed by atoms with van der Waals surface area (Å²) in [4.78, 5) is 32.3. The van der Waals surface area contributed by atoms with Crippen molar-refractivity contribution in [3.63, 3.8) is 0 Å². The Morgan fingerprint density at radius 2 is 1.83 bits per heavy atom. The molecule has 1 fully saturated rings. The van der Waals surface area contributed by atoms with E-state index in [0.29, 0.717) is 45.8 Å². The number of nitrogens with one attached hydrogen (secondary N) is 2. The molecule has 0 radical (unpaired) electrons. The highest BCUT2D eigenvalue weighted by molar-refractivity contribution is 5.90. The van der Waals surface area contributed by atoms with Crippen LogP contribution >= 0.6 is 0 Å². The average molecular weight is 404 g/mol. The lowest BCUT2D eigenvalue weighted by atomic mass is 10.2. The second-order valence-corrected chi connectivity index (χ2v) is 6.84. The molecule has 29 heavy (non-hydrogen) atoms. The number of ether oxygens (including phenoxy) is 1. The van der Waals surface area contributed by atoms with Gasteiger partial charge in [0.2, 0.25) is 5.91 Å². The first-order chi connectivity index (χ1) is 14.1. The molecule has 0 bridgehead atoms. The summed E-state index contributed by atoms with van der Waals surface area (Å²) in [6, 6.07) is 7.78. The summed E-state index contributed by atoms with van der Waals surface area (Å²) in [5, 5.41) is 6.25. The van der Waals surface area contributed by atoms with E-state index in [-0.39, 0.29) is 12.0 Å². The molecule has 1 heterocycles. The number of carbonyl (C=O) groups excluding carboxylic acids is 2. The second kappa shape index (κ2) is 11.9. The standard InChI is InChI=1S/C21H33N5O3/c1-4-8-19(27)24-18-10-7-9-17(15-18)16-23-20(22-5-2)25-11-13-26(14-12-25)21(28)29-6-3/h7,9-10,15H,4-6,8,11-14,16H2,1-3H3,(H,22,23)(H,24,27). The largest absolute Gasteiger partial charge is 0.450 e. The molecule has 2 amide bonds. The molecule has 1 aliphatic rings. The third kappa shape index (κ3) is 7.29. The summed E-state index contributed by atoms with van der Waals surface area (Å²) in [7, 11) is 0. The molecule has 0 atom stereocenters. The predicted molar refractivity (Wildman–Crippen MR) is 115 cm³/mol. The van der Waals surface area contributed by atoms with Gasteiger partial charge in [-0.2, -0.15) is 0 Å². The Morgan fingerprint density at radius 1 is 1.10 bits per heavy atom. The first-order valence-corrected chi connectivity index (χ1v) is 10.4. The van der Waals surface area contributed by atoms with Gasteiger partial charge >= 0.3 is 6.09 Å². The zero-order valence-corrected chi connectivity index (χ0v) is 17.7. The van der Waals surface area contributed by atoms with Gasteiger partial charge in [0, 0.05) is 44.8 Å². The van der Waals surface area contributed by atoms with Crippen LogP contribution in [0.25, 0.3) is 0 Å². The summed E-state index contributed by atoms with van der Waals surface area (Å²) in [5.41, 5.74) is 1.82. The molecule has 1 aliphatic heterocycles. The van der Waals surface area contributed by atoms with Crippen molar-refractivity contribution in [1.29, 1.82) is 0 Å². The highest BCUT2D eigenvalue weighted by Crippen LogP contribution is 2.13. The van der Waals surface area contributed by atoms with Crippen molar-refractivity contribution in [2.75, 3.05) is 44.6 Å². The van der Waals surface area contributed by atoms with Gasteiger partial charge in [0.05, 0.1) is 13.2 Å². The molecule has 8 nitrogen and oxygen atoms in total. The van der Waals surface area contributed by atoms with E-state index in [9.17, 15) is 9.59 Å². The number of nitrogens with zero attached hydrogens (tertiary/aromatic N) is 3. The zero-order chi connectivity index (χ0) is 21.1. The maximum Gasteiger partial charge on any atom is 0.409 e. The molecule has 1 aromatic rings. The first-order valence-electron chi connectivity index (χ1n) is 10.4. The van der Waals surface area contributed by atoms with E-state index in [2.05, 4.69) is 15.5 Å². The van der Waals surface area contributed by atoms with Crippen molar-refractivity contribution in [1.82, 2.24) is 15.1 Å². The molecule has 2 rings (SSSR count). The van der Waals surface area contributed by atoms with Crippen molar-refractivity contribution in [2.45, 2.75) is 40.2 Å². The molecular formula is C21H33N5O3. The van der Waals surface area contributed by atoms with Crippen molar-refractivity contribution in [3.8, 4) is 0 Å². The quantitative estimate of drug-likeness (QED) is 0.540. The van der Waals surface area contributed by atoms with E-state index in [1.54, 1.807) is 4.90 Å². The Bertz CT molecular complexity index is 699. The number of hydrogen-bond donors (Lipinski definition) is 2. The van der Waals surface area contributed by atoms with Crippen molar-refractivity contribution < 1.29 is 14.3 Å². The second-order valence-electron chi connectivity index (χ2n) is 6.84. The topological polar surface area (TPSA) is 86.3 Å². The van der Waals surface area contributed by atoms with Crippen molar-refractivity contribution in [3.05, 3.63) is 29.8 Å². The molecule has 1 saturated heterocycles. The number of aliphatic imine (C=N–C) groups is 1. The van der Waals surface area contributed by atoms with Gasteiger partial charge in [0.1, 0.15) is 0 Å². The van der Waals surface area contributed by atoms with Crippen LogP contribution in [0.1, 0.15) is 39.2 Å². The van der Waals surface area contributed by atoms with Crippen molar-refractivity contribution >= 4 is 23.6 Å². The molecule has 0 aromatic heterocycles. The molecule has 0 unspecified atom stereocenters.